The summed E-state index contributed by atoms with van der Waals surface area (Å²) in [6, 6.07) is 10.7. The molecular weight excluding hydrogens is 605 g/mol. The predicted octanol–water partition coefficient (Wildman–Crippen LogP) is 1.29. The first-order valence-corrected chi connectivity index (χ1v) is 12.5. The van der Waals surface area contributed by atoms with Gasteiger partial charge in [0.05, 0.1) is 57.6 Å². The smallest absolute Gasteiger partial charge is 0.416 e. The first kappa shape index (κ1) is 31.6. The SMILES string of the molecule is COC(=O)C1=C(C)N(c2cccc(C(F)(F)F)c2)c2n[nH]c(=O)n2[C@@H]1c1ccc(C#N)cc1CCC[N+](C)(C)C.[Br-]. The molecule has 1 N–H and O–H groups in total. The average molecular weight is 635 g/mol. The summed E-state index contributed by atoms with van der Waals surface area (Å²) >= 11 is 0. The van der Waals surface area contributed by atoms with E-state index < -0.39 is 29.4 Å². The Morgan fingerprint density at radius 1 is 1.20 bits per heavy atom. The largest absolute Gasteiger partial charge is 1.00 e. The van der Waals surface area contributed by atoms with Gasteiger partial charge in [-0.2, -0.15) is 18.4 Å². The molecule has 3 aromatic rings. The van der Waals surface area contributed by atoms with Crippen molar-refractivity contribution >= 4 is 17.6 Å². The lowest BCUT2D eigenvalue weighted by Gasteiger charge is -2.36. The molecule has 2 heterocycles. The third kappa shape index (κ3) is 6.39. The number of allylic oxidation sites excluding steroid dienone is 1. The Bertz CT molecular complexity index is 1580. The van der Waals surface area contributed by atoms with Crippen LogP contribution in [-0.2, 0) is 22.1 Å². The van der Waals surface area contributed by atoms with Crippen molar-refractivity contribution in [2.24, 2.45) is 0 Å². The Balaban J connectivity index is 0.00000462. The van der Waals surface area contributed by atoms with Gasteiger partial charge < -0.3 is 26.2 Å². The van der Waals surface area contributed by atoms with Crippen LogP contribution in [0.25, 0.3) is 0 Å². The molecule has 218 valence electrons. The second-order valence-electron chi connectivity index (χ2n) is 10.6. The number of nitrogens with one attached hydrogen (secondary N) is 1. The maximum Gasteiger partial charge on any atom is 0.416 e. The standard InChI is InChI=1S/C28H29F3N6O3.BrH/c1-17-23(25(38)40-5)24(22-12-11-18(16-32)14-19(22)8-7-13-37(2,3)4)36-26(33-34-27(36)39)35(17)21-10-6-9-20(15-21)28(29,30)31;/h6,9-12,14-15,24H,7-8,13H2,1-5H3;1H/t24-;/m1./s1. The fourth-order valence-corrected chi connectivity index (χ4v) is 4.98. The predicted molar refractivity (Wildman–Crippen MR) is 142 cm³/mol. The zero-order chi connectivity index (χ0) is 29.4. The lowest BCUT2D eigenvalue weighted by molar-refractivity contribution is -0.870. The quantitative estimate of drug-likeness (QED) is 0.310. The summed E-state index contributed by atoms with van der Waals surface area (Å²) in [5.74, 6) is -0.735. The Morgan fingerprint density at radius 3 is 2.51 bits per heavy atom. The van der Waals surface area contributed by atoms with Crippen molar-refractivity contribution in [1.29, 1.82) is 5.26 Å². The number of hydrogen-bond acceptors (Lipinski definition) is 6. The van der Waals surface area contributed by atoms with Crippen molar-refractivity contribution in [3.8, 4) is 6.07 Å². The number of H-pyrrole nitrogens is 1. The minimum atomic E-state index is -4.61. The number of ether oxygens (including phenoxy) is 1. The first-order valence-electron chi connectivity index (χ1n) is 12.5. The van der Waals surface area contributed by atoms with Crippen molar-refractivity contribution in [2.75, 3.05) is 39.7 Å². The summed E-state index contributed by atoms with van der Waals surface area (Å²) in [7, 11) is 7.39. The topological polar surface area (TPSA) is 104 Å². The molecule has 1 aromatic heterocycles. The number of quaternary nitrogens is 1. The van der Waals surface area contributed by atoms with Gasteiger partial charge in [0.2, 0.25) is 5.95 Å². The highest BCUT2D eigenvalue weighted by atomic mass is 79.9. The zero-order valence-corrected chi connectivity index (χ0v) is 24.8. The van der Waals surface area contributed by atoms with Crippen LogP contribution in [0.15, 0.2) is 58.5 Å². The van der Waals surface area contributed by atoms with E-state index in [1.807, 2.05) is 0 Å². The van der Waals surface area contributed by atoms with E-state index in [1.54, 1.807) is 25.1 Å². The van der Waals surface area contributed by atoms with Gasteiger partial charge in [0, 0.05) is 17.8 Å². The van der Waals surface area contributed by atoms with Crippen molar-refractivity contribution < 1.29 is 44.2 Å². The number of nitrogens with zero attached hydrogens (tertiary/aromatic N) is 5. The number of alkyl halides is 3. The van der Waals surface area contributed by atoms with E-state index in [4.69, 9.17) is 4.74 Å². The Labute approximate surface area is 245 Å². The van der Waals surface area contributed by atoms with Gasteiger partial charge in [0.15, 0.2) is 0 Å². The number of aromatic amines is 1. The van der Waals surface area contributed by atoms with E-state index in [1.165, 1.54) is 28.7 Å². The first-order chi connectivity index (χ1) is 18.8. The van der Waals surface area contributed by atoms with Gasteiger partial charge in [-0.25, -0.2) is 19.3 Å². The van der Waals surface area contributed by atoms with Gasteiger partial charge >= 0.3 is 17.8 Å². The molecule has 0 fully saturated rings. The number of nitriles is 1. The molecule has 1 atom stereocenters. The third-order valence-corrected chi connectivity index (χ3v) is 6.82. The molecule has 9 nitrogen and oxygen atoms in total. The molecule has 13 heteroatoms. The van der Waals surface area contributed by atoms with Crippen LogP contribution in [0.5, 0.6) is 0 Å². The molecule has 0 aliphatic carbocycles. The fraction of sp³-hybridized carbons (Fsp3) is 0.357. The second-order valence-corrected chi connectivity index (χ2v) is 10.6. The molecule has 0 unspecified atom stereocenters. The Morgan fingerprint density at radius 2 is 1.90 bits per heavy atom. The average Bonchev–Trinajstić information content (AvgIpc) is 3.27. The van der Waals surface area contributed by atoms with Gasteiger partial charge in [-0.15, -0.1) is 5.10 Å². The van der Waals surface area contributed by atoms with Gasteiger partial charge in [-0.1, -0.05) is 12.1 Å². The number of benzene rings is 2. The number of aryl methyl sites for hydroxylation is 1. The molecule has 1 aliphatic rings. The van der Waals surface area contributed by atoms with Crippen LogP contribution in [0.4, 0.5) is 24.8 Å². The number of esters is 1. The summed E-state index contributed by atoms with van der Waals surface area (Å²) in [5, 5.41) is 16.1. The van der Waals surface area contributed by atoms with Gasteiger partial charge in [0.25, 0.3) is 0 Å². The van der Waals surface area contributed by atoms with Crippen molar-refractivity contribution in [2.45, 2.75) is 32.0 Å². The number of fused-ring (bicyclic) bond motifs is 1. The molecule has 2 aromatic carbocycles. The van der Waals surface area contributed by atoms with Gasteiger partial charge in [-0.3, -0.25) is 4.90 Å². The zero-order valence-electron chi connectivity index (χ0n) is 23.2. The van der Waals surface area contributed by atoms with E-state index in [0.29, 0.717) is 17.5 Å². The number of anilines is 2. The molecule has 1 aliphatic heterocycles. The molecule has 4 rings (SSSR count). The number of aromatic nitrogens is 3. The number of halogens is 4. The highest BCUT2D eigenvalue weighted by Crippen LogP contribution is 2.43. The van der Waals surface area contributed by atoms with E-state index in [2.05, 4.69) is 37.4 Å². The minimum Gasteiger partial charge on any atom is -1.00 e. The van der Waals surface area contributed by atoms with E-state index in [9.17, 15) is 28.0 Å². The molecule has 0 spiro atoms. The summed E-state index contributed by atoms with van der Waals surface area (Å²) in [6.45, 7) is 2.41. The molecule has 41 heavy (non-hydrogen) atoms. The van der Waals surface area contributed by atoms with Crippen molar-refractivity contribution in [3.63, 3.8) is 0 Å². The van der Waals surface area contributed by atoms with Crippen LogP contribution in [0.2, 0.25) is 0 Å². The highest BCUT2D eigenvalue weighted by Gasteiger charge is 2.41. The number of hydrogen-bond donors (Lipinski definition) is 1. The van der Waals surface area contributed by atoms with Crippen LogP contribution in [0.3, 0.4) is 0 Å². The van der Waals surface area contributed by atoms with Crippen molar-refractivity contribution in [3.05, 3.63) is 86.5 Å². The van der Waals surface area contributed by atoms with Gasteiger partial charge in [0.1, 0.15) is 6.04 Å². The number of carbonyl (C=O) groups is 1. The van der Waals surface area contributed by atoms with E-state index in [0.717, 1.165) is 35.1 Å². The minimum absolute atomic E-state index is 0. The number of methoxy groups -OCH3 is 1. The Kier molecular flexibility index (Phi) is 9.20. The summed E-state index contributed by atoms with van der Waals surface area (Å²) < 4.78 is 47.7. The normalized spacial score (nSPS) is 15.2. The molecule has 0 amide bonds. The maximum absolute atomic E-state index is 13.6. The highest BCUT2D eigenvalue weighted by molar-refractivity contribution is 5.93. The third-order valence-electron chi connectivity index (χ3n) is 6.82. The van der Waals surface area contributed by atoms with Crippen molar-refractivity contribution in [1.82, 2.24) is 14.8 Å². The molecule has 0 saturated heterocycles. The second kappa shape index (κ2) is 11.9. The lowest BCUT2D eigenvalue weighted by atomic mass is 9.88. The van der Waals surface area contributed by atoms with Crippen LogP contribution in [-0.4, -0.2) is 60.0 Å². The van der Waals surface area contributed by atoms with Crippen LogP contribution >= 0.6 is 0 Å². The van der Waals surface area contributed by atoms with Crippen LogP contribution in [0.1, 0.15) is 41.6 Å². The van der Waals surface area contributed by atoms with E-state index >= 15 is 0 Å². The van der Waals surface area contributed by atoms with Crippen LogP contribution < -0.4 is 27.6 Å². The van der Waals surface area contributed by atoms with E-state index in [-0.39, 0.29) is 39.9 Å². The van der Waals surface area contributed by atoms with Crippen LogP contribution in [0, 0.1) is 11.3 Å². The summed E-state index contributed by atoms with van der Waals surface area (Å²) in [6.07, 6.45) is -3.28. The molecular formula is C28H30BrF3N6O3. The summed E-state index contributed by atoms with van der Waals surface area (Å²) in [5.41, 5.74) is 0.605. The van der Waals surface area contributed by atoms with Gasteiger partial charge in [-0.05, 0) is 54.8 Å². The number of rotatable bonds is 7. The monoisotopic (exact) mass is 634 g/mol. The summed E-state index contributed by atoms with van der Waals surface area (Å²) in [4.78, 5) is 27.8. The number of carbonyl (C=O) groups excluding carboxylic acids is 1. The maximum atomic E-state index is 13.6. The lowest BCUT2D eigenvalue weighted by Crippen LogP contribution is -3.00. The Hall–Kier alpha value is -3.89. The molecule has 0 radical (unpaired) electrons. The molecule has 0 bridgehead atoms. The molecule has 0 saturated carbocycles. The fourth-order valence-electron chi connectivity index (χ4n) is 4.98.